The smallest absolute Gasteiger partial charge is 0.261 e. The fourth-order valence-corrected chi connectivity index (χ4v) is 4.55. The molecule has 0 fully saturated rings. The Morgan fingerprint density at radius 3 is 2.42 bits per heavy atom. The number of para-hydroxylation sites is 1. The van der Waals surface area contributed by atoms with E-state index in [1.54, 1.807) is 4.57 Å². The summed E-state index contributed by atoms with van der Waals surface area (Å²) in [7, 11) is 0. The summed E-state index contributed by atoms with van der Waals surface area (Å²) in [6.45, 7) is 16.2. The Labute approximate surface area is 187 Å². The molecule has 0 aliphatic carbocycles. The van der Waals surface area contributed by atoms with Gasteiger partial charge in [0, 0.05) is 19.5 Å². The minimum atomic E-state index is -0.247. The molecule has 2 atom stereocenters. The second-order valence-electron chi connectivity index (χ2n) is 10.1. The molecular formula is C26H41N3O2. The van der Waals surface area contributed by atoms with Gasteiger partial charge in [0.05, 0.1) is 16.9 Å². The zero-order valence-electron chi connectivity index (χ0n) is 20.6. The fraction of sp³-hybridized carbons (Fsp3) is 0.654. The maximum atomic E-state index is 13.4. The van der Waals surface area contributed by atoms with E-state index < -0.39 is 0 Å². The van der Waals surface area contributed by atoms with Crippen molar-refractivity contribution in [3.63, 3.8) is 0 Å². The number of hydrogen-bond donors (Lipinski definition) is 0. The molecule has 0 saturated heterocycles. The molecule has 2 rings (SSSR count). The van der Waals surface area contributed by atoms with Gasteiger partial charge in [-0.25, -0.2) is 4.98 Å². The number of carbonyl (C=O) groups excluding carboxylic acids is 1. The third kappa shape index (κ3) is 6.65. The summed E-state index contributed by atoms with van der Waals surface area (Å²) in [5.74, 6) is 1.15. The van der Waals surface area contributed by atoms with E-state index in [2.05, 4.69) is 34.6 Å². The Hall–Kier alpha value is -2.17. The molecular weight excluding hydrogens is 386 g/mol. The van der Waals surface area contributed by atoms with Crippen molar-refractivity contribution >= 4 is 16.8 Å². The summed E-state index contributed by atoms with van der Waals surface area (Å²) < 4.78 is 1.73. The molecule has 1 heterocycles. The molecule has 0 radical (unpaired) electrons. The summed E-state index contributed by atoms with van der Waals surface area (Å²) in [6.07, 6.45) is 4.68. The minimum absolute atomic E-state index is 0.0305. The Kier molecular flexibility index (Phi) is 8.84. The van der Waals surface area contributed by atoms with Crippen molar-refractivity contribution in [2.75, 3.05) is 6.54 Å². The zero-order chi connectivity index (χ0) is 23.2. The van der Waals surface area contributed by atoms with Gasteiger partial charge in [0.1, 0.15) is 5.82 Å². The highest BCUT2D eigenvalue weighted by Crippen LogP contribution is 2.28. The number of amides is 1. The molecule has 1 amide bonds. The normalized spacial score (nSPS) is 13.9. The second-order valence-corrected chi connectivity index (χ2v) is 10.1. The van der Waals surface area contributed by atoms with Crippen molar-refractivity contribution in [3.05, 3.63) is 40.4 Å². The van der Waals surface area contributed by atoms with Crippen molar-refractivity contribution in [2.24, 2.45) is 11.3 Å². The van der Waals surface area contributed by atoms with Gasteiger partial charge in [-0.1, -0.05) is 59.6 Å². The topological polar surface area (TPSA) is 55.2 Å². The molecule has 0 N–H and O–H groups in total. The van der Waals surface area contributed by atoms with Crippen molar-refractivity contribution in [3.8, 4) is 0 Å². The van der Waals surface area contributed by atoms with Crippen LogP contribution >= 0.6 is 0 Å². The summed E-state index contributed by atoms with van der Waals surface area (Å²) in [4.78, 5) is 33.3. The third-order valence-corrected chi connectivity index (χ3v) is 5.86. The van der Waals surface area contributed by atoms with E-state index in [4.69, 9.17) is 4.98 Å². The molecule has 2 aromatic rings. The molecule has 0 bridgehead atoms. The molecule has 172 valence electrons. The van der Waals surface area contributed by atoms with Crippen molar-refractivity contribution in [2.45, 2.75) is 93.2 Å². The highest BCUT2D eigenvalue weighted by atomic mass is 16.2. The minimum Gasteiger partial charge on any atom is -0.333 e. The largest absolute Gasteiger partial charge is 0.333 e. The van der Waals surface area contributed by atoms with Crippen LogP contribution in [0.3, 0.4) is 0 Å². The monoisotopic (exact) mass is 427 g/mol. The predicted molar refractivity (Wildman–Crippen MR) is 129 cm³/mol. The van der Waals surface area contributed by atoms with Gasteiger partial charge in [0.2, 0.25) is 5.91 Å². The number of carbonyl (C=O) groups is 1. The molecule has 0 spiro atoms. The molecule has 2 unspecified atom stereocenters. The first-order chi connectivity index (χ1) is 14.6. The summed E-state index contributed by atoms with van der Waals surface area (Å²) in [6, 6.07) is 7.22. The van der Waals surface area contributed by atoms with E-state index >= 15 is 0 Å². The van der Waals surface area contributed by atoms with Crippen LogP contribution in [0.15, 0.2) is 29.1 Å². The van der Waals surface area contributed by atoms with Gasteiger partial charge in [0.25, 0.3) is 5.56 Å². The molecule has 1 aromatic heterocycles. The Balaban J connectivity index is 2.39. The summed E-state index contributed by atoms with van der Waals surface area (Å²) in [5, 5.41) is 0.628. The van der Waals surface area contributed by atoms with Crippen molar-refractivity contribution in [1.82, 2.24) is 14.5 Å². The van der Waals surface area contributed by atoms with E-state index in [1.165, 1.54) is 0 Å². The Bertz CT molecular complexity index is 926. The first-order valence-corrected chi connectivity index (χ1v) is 11.9. The SMILES string of the molecule is CCCCCN(C(=O)CC(C)CC(C)(C)C)C(C)c1nc2ccccc2c(=O)n1CC. The van der Waals surface area contributed by atoms with Gasteiger partial charge >= 0.3 is 0 Å². The molecule has 0 aliphatic rings. The van der Waals surface area contributed by atoms with Gasteiger partial charge in [-0.05, 0) is 50.2 Å². The number of fused-ring (bicyclic) bond motifs is 1. The maximum absolute atomic E-state index is 13.4. The standard InChI is InChI=1S/C26H41N3O2/c1-8-10-13-16-29(23(30)17-19(3)18-26(5,6)7)20(4)24-27-22-15-12-11-14-21(22)25(31)28(24)9-2/h11-12,14-15,19-20H,8-10,13,16-18H2,1-7H3. The van der Waals surface area contributed by atoms with Gasteiger partial charge in [-0.3, -0.25) is 14.2 Å². The predicted octanol–water partition coefficient (Wildman–Crippen LogP) is 5.96. The van der Waals surface area contributed by atoms with Crippen molar-refractivity contribution < 1.29 is 4.79 Å². The van der Waals surface area contributed by atoms with Crippen molar-refractivity contribution in [1.29, 1.82) is 0 Å². The molecule has 31 heavy (non-hydrogen) atoms. The van der Waals surface area contributed by atoms with Crippen LogP contribution in [0.1, 0.15) is 92.4 Å². The van der Waals surface area contributed by atoms with E-state index in [1.807, 2.05) is 43.0 Å². The van der Waals surface area contributed by atoms with Crippen LogP contribution in [0.4, 0.5) is 0 Å². The number of hydrogen-bond acceptors (Lipinski definition) is 3. The second kappa shape index (κ2) is 10.9. The van der Waals surface area contributed by atoms with E-state index in [-0.39, 0.29) is 22.9 Å². The first kappa shape index (κ1) is 25.1. The van der Waals surface area contributed by atoms with Crippen LogP contribution < -0.4 is 5.56 Å². The zero-order valence-corrected chi connectivity index (χ0v) is 20.6. The number of rotatable bonds is 10. The van der Waals surface area contributed by atoms with Gasteiger partial charge < -0.3 is 4.90 Å². The molecule has 5 heteroatoms. The van der Waals surface area contributed by atoms with Gasteiger partial charge in [-0.2, -0.15) is 0 Å². The number of aromatic nitrogens is 2. The van der Waals surface area contributed by atoms with Crippen LogP contribution in [0, 0.1) is 11.3 Å². The lowest BCUT2D eigenvalue weighted by Crippen LogP contribution is -2.39. The lowest BCUT2D eigenvalue weighted by molar-refractivity contribution is -0.134. The number of unbranched alkanes of at least 4 members (excludes halogenated alkanes) is 2. The van der Waals surface area contributed by atoms with Crippen LogP contribution in [-0.4, -0.2) is 26.9 Å². The average Bonchev–Trinajstić information content (AvgIpc) is 2.69. The maximum Gasteiger partial charge on any atom is 0.261 e. The van der Waals surface area contributed by atoms with Gasteiger partial charge in [-0.15, -0.1) is 0 Å². The van der Waals surface area contributed by atoms with E-state index in [9.17, 15) is 9.59 Å². The quantitative estimate of drug-likeness (QED) is 0.440. The van der Waals surface area contributed by atoms with E-state index in [0.717, 1.165) is 25.7 Å². The molecule has 0 aliphatic heterocycles. The van der Waals surface area contributed by atoms with Crippen LogP contribution in [0.25, 0.3) is 10.9 Å². The third-order valence-electron chi connectivity index (χ3n) is 5.86. The highest BCUT2D eigenvalue weighted by molar-refractivity contribution is 5.78. The average molecular weight is 428 g/mol. The van der Waals surface area contributed by atoms with Crippen LogP contribution in [-0.2, 0) is 11.3 Å². The number of benzene rings is 1. The first-order valence-electron chi connectivity index (χ1n) is 11.9. The molecule has 0 saturated carbocycles. The highest BCUT2D eigenvalue weighted by Gasteiger charge is 2.27. The fourth-order valence-electron chi connectivity index (χ4n) is 4.55. The molecule has 5 nitrogen and oxygen atoms in total. The van der Waals surface area contributed by atoms with Crippen LogP contribution in [0.5, 0.6) is 0 Å². The summed E-state index contributed by atoms with van der Waals surface area (Å²) >= 11 is 0. The molecule has 1 aromatic carbocycles. The Morgan fingerprint density at radius 1 is 1.13 bits per heavy atom. The summed E-state index contributed by atoms with van der Waals surface area (Å²) in [5.41, 5.74) is 0.860. The van der Waals surface area contributed by atoms with Gasteiger partial charge in [0.15, 0.2) is 0 Å². The number of nitrogens with zero attached hydrogens (tertiary/aromatic N) is 3. The van der Waals surface area contributed by atoms with E-state index in [0.29, 0.717) is 42.2 Å². The lowest BCUT2D eigenvalue weighted by Gasteiger charge is -2.32. The Morgan fingerprint density at radius 2 is 1.81 bits per heavy atom. The van der Waals surface area contributed by atoms with Crippen LogP contribution in [0.2, 0.25) is 0 Å². The lowest BCUT2D eigenvalue weighted by atomic mass is 9.84.